The lowest BCUT2D eigenvalue weighted by Gasteiger charge is -2.40. The summed E-state index contributed by atoms with van der Waals surface area (Å²) in [4.78, 5) is 4.66. The minimum Gasteiger partial charge on any atom is -0.497 e. The first kappa shape index (κ1) is 23.9. The number of ether oxygens (including phenoxy) is 2. The minimum atomic E-state index is -0.243. The molecule has 1 aromatic heterocycles. The molecule has 0 N–H and O–H groups in total. The molecule has 0 aliphatic carbocycles. The predicted molar refractivity (Wildman–Crippen MR) is 129 cm³/mol. The Morgan fingerprint density at radius 2 is 1.71 bits per heavy atom. The first-order valence-corrected chi connectivity index (χ1v) is 11.6. The number of piperazine rings is 1. The van der Waals surface area contributed by atoms with Gasteiger partial charge in [-0.05, 0) is 67.1 Å². The van der Waals surface area contributed by atoms with E-state index in [0.717, 1.165) is 61.2 Å². The highest BCUT2D eigenvalue weighted by Gasteiger charge is 2.35. The van der Waals surface area contributed by atoms with E-state index in [1.54, 1.807) is 14.2 Å². The van der Waals surface area contributed by atoms with Gasteiger partial charge in [0.25, 0.3) is 0 Å². The molecule has 0 radical (unpaired) electrons. The van der Waals surface area contributed by atoms with Gasteiger partial charge in [-0.15, -0.1) is 5.10 Å². The van der Waals surface area contributed by atoms with Crippen molar-refractivity contribution in [2.75, 3.05) is 45.3 Å². The van der Waals surface area contributed by atoms with Crippen molar-refractivity contribution in [3.05, 3.63) is 59.7 Å². The second kappa shape index (κ2) is 9.97. The quantitative estimate of drug-likeness (QED) is 0.497. The number of anilines is 1. The van der Waals surface area contributed by atoms with Crippen molar-refractivity contribution in [3.63, 3.8) is 0 Å². The van der Waals surface area contributed by atoms with Crippen LogP contribution in [0.2, 0.25) is 0 Å². The van der Waals surface area contributed by atoms with Gasteiger partial charge in [0.2, 0.25) is 0 Å². The summed E-state index contributed by atoms with van der Waals surface area (Å²) in [6.07, 6.45) is 0.885. The van der Waals surface area contributed by atoms with Crippen LogP contribution in [-0.2, 0) is 5.54 Å². The number of hydrogen-bond donors (Lipinski definition) is 0. The number of aromatic nitrogens is 4. The van der Waals surface area contributed by atoms with Crippen molar-refractivity contribution in [2.24, 2.45) is 0 Å². The predicted octanol–water partition coefficient (Wildman–Crippen LogP) is 3.89. The topological polar surface area (TPSA) is 68.5 Å². The highest BCUT2D eigenvalue weighted by atomic mass is 19.1. The Kier molecular flexibility index (Phi) is 7.02. The average molecular weight is 469 g/mol. The molecule has 1 aliphatic rings. The lowest BCUT2D eigenvalue weighted by Crippen LogP contribution is -2.49. The maximum absolute atomic E-state index is 13.4. The lowest BCUT2D eigenvalue weighted by molar-refractivity contribution is 0.184. The van der Waals surface area contributed by atoms with Crippen molar-refractivity contribution in [1.82, 2.24) is 25.1 Å². The first-order chi connectivity index (χ1) is 16.4. The van der Waals surface area contributed by atoms with Crippen LogP contribution in [0.4, 0.5) is 10.1 Å². The van der Waals surface area contributed by atoms with E-state index in [9.17, 15) is 4.39 Å². The molecule has 8 nitrogen and oxygen atoms in total. The van der Waals surface area contributed by atoms with Gasteiger partial charge in [0.15, 0.2) is 5.82 Å². The smallest absolute Gasteiger partial charge is 0.173 e. The average Bonchev–Trinajstić information content (AvgIpc) is 3.36. The van der Waals surface area contributed by atoms with E-state index in [2.05, 4.69) is 46.1 Å². The Bertz CT molecular complexity index is 1090. The fourth-order valence-electron chi connectivity index (χ4n) is 4.38. The summed E-state index contributed by atoms with van der Waals surface area (Å²) < 4.78 is 26.5. The van der Waals surface area contributed by atoms with Crippen LogP contribution >= 0.6 is 0 Å². The van der Waals surface area contributed by atoms with Crippen molar-refractivity contribution >= 4 is 5.69 Å². The van der Waals surface area contributed by atoms with Gasteiger partial charge in [-0.25, -0.2) is 9.07 Å². The van der Waals surface area contributed by atoms with Crippen LogP contribution in [0.5, 0.6) is 11.5 Å². The summed E-state index contributed by atoms with van der Waals surface area (Å²) >= 11 is 0. The lowest BCUT2D eigenvalue weighted by atomic mass is 9.98. The molecule has 1 fully saturated rings. The molecule has 1 saturated heterocycles. The Hall–Kier alpha value is -3.20. The zero-order valence-electron chi connectivity index (χ0n) is 20.5. The van der Waals surface area contributed by atoms with Crippen molar-refractivity contribution in [3.8, 4) is 11.5 Å². The number of halogens is 1. The highest BCUT2D eigenvalue weighted by molar-refractivity contribution is 5.47. The fourth-order valence-corrected chi connectivity index (χ4v) is 4.38. The second-order valence-corrected chi connectivity index (χ2v) is 9.12. The molecular weight excluding hydrogens is 435 g/mol. The van der Waals surface area contributed by atoms with Crippen LogP contribution in [0.25, 0.3) is 0 Å². The maximum Gasteiger partial charge on any atom is 0.173 e. The van der Waals surface area contributed by atoms with Gasteiger partial charge in [0.1, 0.15) is 23.4 Å². The van der Waals surface area contributed by atoms with Gasteiger partial charge in [-0.2, -0.15) is 0 Å². The van der Waals surface area contributed by atoms with Crippen LogP contribution in [-0.4, -0.2) is 65.5 Å². The molecule has 2 heterocycles. The Labute approximate surface area is 200 Å². The zero-order valence-corrected chi connectivity index (χ0v) is 20.5. The standard InChI is InChI=1S/C25H33FN6O2/c1-6-25(2,3)32-24(27-28-29-32)23(21-12-11-20(33-4)17-22(21)34-5)31-15-13-30(14-16-31)19-9-7-18(26)8-10-19/h7-12,17,23H,6,13-16H2,1-5H3/t23-/m0/s1. The maximum atomic E-state index is 13.4. The van der Waals surface area contributed by atoms with E-state index in [0.29, 0.717) is 0 Å². The van der Waals surface area contributed by atoms with Crippen LogP contribution in [0.3, 0.4) is 0 Å². The Morgan fingerprint density at radius 1 is 1.00 bits per heavy atom. The van der Waals surface area contributed by atoms with Gasteiger partial charge in [0, 0.05) is 43.5 Å². The number of tetrazole rings is 1. The fraction of sp³-hybridized carbons (Fsp3) is 0.480. The number of rotatable bonds is 8. The van der Waals surface area contributed by atoms with Gasteiger partial charge in [-0.3, -0.25) is 4.90 Å². The van der Waals surface area contributed by atoms with Gasteiger partial charge in [0.05, 0.1) is 19.8 Å². The number of benzene rings is 2. The minimum absolute atomic E-state index is 0.197. The highest BCUT2D eigenvalue weighted by Crippen LogP contribution is 2.38. The molecule has 182 valence electrons. The SMILES string of the molecule is CCC(C)(C)n1nnnc1[C@H](c1ccc(OC)cc1OC)N1CCN(c2ccc(F)cc2)CC1. The number of nitrogens with zero attached hydrogens (tertiary/aromatic N) is 6. The first-order valence-electron chi connectivity index (χ1n) is 11.6. The van der Waals surface area contributed by atoms with E-state index >= 15 is 0 Å². The molecule has 0 amide bonds. The molecule has 2 aromatic carbocycles. The summed E-state index contributed by atoms with van der Waals surface area (Å²) in [5, 5.41) is 12.9. The van der Waals surface area contributed by atoms with E-state index in [-0.39, 0.29) is 17.4 Å². The van der Waals surface area contributed by atoms with Crippen molar-refractivity contribution in [1.29, 1.82) is 0 Å². The van der Waals surface area contributed by atoms with Crippen LogP contribution in [0.15, 0.2) is 42.5 Å². The largest absolute Gasteiger partial charge is 0.497 e. The summed E-state index contributed by atoms with van der Waals surface area (Å²) in [5.41, 5.74) is 1.77. The van der Waals surface area contributed by atoms with Crippen molar-refractivity contribution < 1.29 is 13.9 Å². The number of methoxy groups -OCH3 is 2. The summed E-state index contributed by atoms with van der Waals surface area (Å²) in [6, 6.07) is 12.4. The molecule has 4 rings (SSSR count). The normalized spacial score (nSPS) is 15.9. The van der Waals surface area contributed by atoms with E-state index in [4.69, 9.17) is 9.47 Å². The van der Waals surface area contributed by atoms with Crippen molar-refractivity contribution in [2.45, 2.75) is 38.8 Å². The summed E-state index contributed by atoms with van der Waals surface area (Å²) in [5.74, 6) is 2.02. The third-order valence-electron chi connectivity index (χ3n) is 6.78. The van der Waals surface area contributed by atoms with E-state index in [1.165, 1.54) is 12.1 Å². The van der Waals surface area contributed by atoms with Gasteiger partial charge >= 0.3 is 0 Å². The Morgan fingerprint density at radius 3 is 2.32 bits per heavy atom. The van der Waals surface area contributed by atoms with Crippen LogP contribution in [0, 0.1) is 5.82 Å². The van der Waals surface area contributed by atoms with Crippen LogP contribution < -0.4 is 14.4 Å². The van der Waals surface area contributed by atoms with Gasteiger partial charge < -0.3 is 14.4 Å². The molecule has 0 unspecified atom stereocenters. The third kappa shape index (κ3) is 4.70. The monoisotopic (exact) mass is 468 g/mol. The molecule has 3 aromatic rings. The second-order valence-electron chi connectivity index (χ2n) is 9.12. The van der Waals surface area contributed by atoms with Gasteiger partial charge in [-0.1, -0.05) is 6.92 Å². The van der Waals surface area contributed by atoms with E-state index in [1.807, 2.05) is 35.0 Å². The molecule has 9 heteroatoms. The summed E-state index contributed by atoms with van der Waals surface area (Å²) in [6.45, 7) is 9.60. The summed E-state index contributed by atoms with van der Waals surface area (Å²) in [7, 11) is 3.31. The Balaban J connectivity index is 1.70. The van der Waals surface area contributed by atoms with Crippen LogP contribution in [0.1, 0.15) is 44.6 Å². The molecule has 34 heavy (non-hydrogen) atoms. The molecule has 0 saturated carbocycles. The third-order valence-corrected chi connectivity index (χ3v) is 6.78. The molecule has 0 spiro atoms. The molecular formula is C25H33FN6O2. The number of hydrogen-bond acceptors (Lipinski definition) is 7. The molecule has 1 atom stereocenters. The zero-order chi connectivity index (χ0) is 24.3. The molecule has 0 bridgehead atoms. The van der Waals surface area contributed by atoms with E-state index < -0.39 is 0 Å². The molecule has 1 aliphatic heterocycles.